The van der Waals surface area contributed by atoms with Gasteiger partial charge in [-0.25, -0.2) is 4.79 Å². The van der Waals surface area contributed by atoms with Crippen LogP contribution in [0.4, 0.5) is 10.7 Å². The fraction of sp³-hybridized carbons (Fsp3) is 0.524. The first kappa shape index (κ1) is 22.1. The molecule has 0 saturated carbocycles. The lowest BCUT2D eigenvalue weighted by molar-refractivity contribution is -0.119. The molecular formula is C21H30N6O2S. The molecule has 0 spiro atoms. The minimum absolute atomic E-state index is 0.315. The van der Waals surface area contributed by atoms with Gasteiger partial charge in [0.2, 0.25) is 11.9 Å². The maximum atomic E-state index is 12.5. The standard InChI is InChI=1S/C21H30N6O2S/c1-14(2)13-22-19(29)23-18(28)16(4)30-21-25-24-20(26-11-5-6-12-26)27(21)17-9-7-15(3)8-10-17/h7-10,14,16H,5-6,11-13H2,1-4H3,(H2,22,23,28,29)/t16-/m1/s1. The van der Waals surface area contributed by atoms with E-state index in [9.17, 15) is 9.59 Å². The third-order valence-electron chi connectivity index (χ3n) is 4.86. The quantitative estimate of drug-likeness (QED) is 0.656. The minimum atomic E-state index is -0.505. The molecule has 2 aromatic rings. The van der Waals surface area contributed by atoms with E-state index in [1.54, 1.807) is 6.92 Å². The lowest BCUT2D eigenvalue weighted by Crippen LogP contribution is -2.43. The third-order valence-corrected chi connectivity index (χ3v) is 5.90. The van der Waals surface area contributed by atoms with Crippen molar-refractivity contribution in [2.75, 3.05) is 24.5 Å². The van der Waals surface area contributed by atoms with Crippen LogP contribution in [0.2, 0.25) is 0 Å². The van der Waals surface area contributed by atoms with Crippen LogP contribution in [0.1, 0.15) is 39.2 Å². The summed E-state index contributed by atoms with van der Waals surface area (Å²) in [6, 6.07) is 7.69. The number of hydrogen-bond donors (Lipinski definition) is 2. The average molecular weight is 431 g/mol. The van der Waals surface area contributed by atoms with Gasteiger partial charge in [-0.2, -0.15) is 0 Å². The van der Waals surface area contributed by atoms with E-state index in [2.05, 4.69) is 25.7 Å². The summed E-state index contributed by atoms with van der Waals surface area (Å²) in [6.07, 6.45) is 2.26. The van der Waals surface area contributed by atoms with Gasteiger partial charge >= 0.3 is 6.03 Å². The topological polar surface area (TPSA) is 92.2 Å². The molecule has 3 amide bonds. The summed E-state index contributed by atoms with van der Waals surface area (Å²) in [5, 5.41) is 14.0. The Morgan fingerprint density at radius 3 is 2.40 bits per heavy atom. The van der Waals surface area contributed by atoms with Gasteiger partial charge in [-0.15, -0.1) is 10.2 Å². The van der Waals surface area contributed by atoms with Crippen molar-refractivity contribution >= 4 is 29.6 Å². The zero-order valence-corrected chi connectivity index (χ0v) is 18.8. The smallest absolute Gasteiger partial charge is 0.321 e. The molecule has 1 fully saturated rings. The van der Waals surface area contributed by atoms with Crippen molar-refractivity contribution in [1.29, 1.82) is 0 Å². The highest BCUT2D eigenvalue weighted by molar-refractivity contribution is 8.00. The fourth-order valence-electron chi connectivity index (χ4n) is 3.15. The number of urea groups is 1. The van der Waals surface area contributed by atoms with E-state index in [1.165, 1.54) is 17.3 Å². The molecule has 2 N–H and O–H groups in total. The zero-order chi connectivity index (χ0) is 21.7. The predicted octanol–water partition coefficient (Wildman–Crippen LogP) is 3.14. The molecule has 0 aliphatic carbocycles. The first-order chi connectivity index (χ1) is 14.3. The number of thioether (sulfide) groups is 1. The molecule has 1 aromatic carbocycles. The van der Waals surface area contributed by atoms with Crippen LogP contribution in [0, 0.1) is 12.8 Å². The Kier molecular flexibility index (Phi) is 7.36. The van der Waals surface area contributed by atoms with Crippen molar-refractivity contribution in [1.82, 2.24) is 25.4 Å². The van der Waals surface area contributed by atoms with Crippen LogP contribution in [-0.2, 0) is 4.79 Å². The number of nitrogens with one attached hydrogen (secondary N) is 2. The second kappa shape index (κ2) is 9.97. The summed E-state index contributed by atoms with van der Waals surface area (Å²) in [5.41, 5.74) is 2.13. The molecule has 1 aliphatic heterocycles. The third kappa shape index (κ3) is 5.53. The molecular weight excluding hydrogens is 400 g/mol. The lowest BCUT2D eigenvalue weighted by atomic mass is 10.2. The Morgan fingerprint density at radius 2 is 1.77 bits per heavy atom. The highest BCUT2D eigenvalue weighted by atomic mass is 32.2. The average Bonchev–Trinajstić information content (AvgIpc) is 3.37. The summed E-state index contributed by atoms with van der Waals surface area (Å²) in [5.74, 6) is 0.748. The number of hydrogen-bond acceptors (Lipinski definition) is 6. The van der Waals surface area contributed by atoms with Crippen molar-refractivity contribution in [2.24, 2.45) is 5.92 Å². The van der Waals surface area contributed by atoms with Crippen LogP contribution in [0.25, 0.3) is 5.69 Å². The van der Waals surface area contributed by atoms with Crippen LogP contribution < -0.4 is 15.5 Å². The number of nitrogens with zero attached hydrogens (tertiary/aromatic N) is 4. The van der Waals surface area contributed by atoms with Gasteiger partial charge in [0.1, 0.15) is 0 Å². The predicted molar refractivity (Wildman–Crippen MR) is 119 cm³/mol. The Bertz CT molecular complexity index is 874. The number of aryl methyl sites for hydroxylation is 1. The number of carbonyl (C=O) groups is 2. The molecule has 0 bridgehead atoms. The molecule has 1 saturated heterocycles. The summed E-state index contributed by atoms with van der Waals surface area (Å²) in [7, 11) is 0. The summed E-state index contributed by atoms with van der Waals surface area (Å²) in [4.78, 5) is 26.6. The Balaban J connectivity index is 1.77. The molecule has 30 heavy (non-hydrogen) atoms. The largest absolute Gasteiger partial charge is 0.341 e. The number of benzene rings is 1. The van der Waals surface area contributed by atoms with Gasteiger partial charge in [0.05, 0.1) is 10.9 Å². The van der Waals surface area contributed by atoms with E-state index in [1.807, 2.05) is 49.6 Å². The molecule has 1 atom stereocenters. The van der Waals surface area contributed by atoms with Gasteiger partial charge in [-0.05, 0) is 44.7 Å². The van der Waals surface area contributed by atoms with E-state index in [-0.39, 0.29) is 5.91 Å². The molecule has 3 rings (SSSR count). The van der Waals surface area contributed by atoms with E-state index >= 15 is 0 Å². The number of amides is 3. The summed E-state index contributed by atoms with van der Waals surface area (Å²) < 4.78 is 2.00. The fourth-order valence-corrected chi connectivity index (χ4v) is 4.01. The van der Waals surface area contributed by atoms with E-state index in [0.29, 0.717) is 17.6 Å². The van der Waals surface area contributed by atoms with E-state index in [4.69, 9.17) is 0 Å². The van der Waals surface area contributed by atoms with E-state index < -0.39 is 11.3 Å². The van der Waals surface area contributed by atoms with Gasteiger partial charge in [-0.1, -0.05) is 43.3 Å². The van der Waals surface area contributed by atoms with Gasteiger partial charge in [-0.3, -0.25) is 14.7 Å². The molecule has 0 unspecified atom stereocenters. The zero-order valence-electron chi connectivity index (χ0n) is 18.0. The van der Waals surface area contributed by atoms with E-state index in [0.717, 1.165) is 37.6 Å². The van der Waals surface area contributed by atoms with Gasteiger partial charge < -0.3 is 10.2 Å². The first-order valence-corrected chi connectivity index (χ1v) is 11.3. The van der Waals surface area contributed by atoms with Crippen molar-refractivity contribution in [3.05, 3.63) is 29.8 Å². The van der Waals surface area contributed by atoms with Gasteiger partial charge in [0.15, 0.2) is 5.16 Å². The number of imide groups is 1. The molecule has 162 valence electrons. The summed E-state index contributed by atoms with van der Waals surface area (Å²) >= 11 is 1.29. The van der Waals surface area contributed by atoms with Crippen LogP contribution in [0.3, 0.4) is 0 Å². The monoisotopic (exact) mass is 430 g/mol. The Morgan fingerprint density at radius 1 is 1.10 bits per heavy atom. The maximum Gasteiger partial charge on any atom is 0.321 e. The minimum Gasteiger partial charge on any atom is -0.341 e. The Labute approximate surface area is 181 Å². The molecule has 0 radical (unpaired) electrons. The molecule has 8 nitrogen and oxygen atoms in total. The molecule has 9 heteroatoms. The second-order valence-electron chi connectivity index (χ2n) is 8.00. The number of carbonyl (C=O) groups excluding carboxylic acids is 2. The molecule has 2 heterocycles. The number of anilines is 1. The SMILES string of the molecule is Cc1ccc(-n2c(S[C@H](C)C(=O)NC(=O)NCC(C)C)nnc2N2CCCC2)cc1. The number of aromatic nitrogens is 3. The lowest BCUT2D eigenvalue weighted by Gasteiger charge is -2.19. The van der Waals surface area contributed by atoms with Crippen molar-refractivity contribution in [3.63, 3.8) is 0 Å². The van der Waals surface area contributed by atoms with Crippen LogP contribution in [-0.4, -0.2) is 51.6 Å². The van der Waals surface area contributed by atoms with Crippen LogP contribution in [0.5, 0.6) is 0 Å². The van der Waals surface area contributed by atoms with Crippen LogP contribution >= 0.6 is 11.8 Å². The normalized spacial score (nSPS) is 14.8. The van der Waals surface area contributed by atoms with Crippen LogP contribution in [0.15, 0.2) is 29.4 Å². The molecule has 1 aromatic heterocycles. The Hall–Kier alpha value is -2.55. The maximum absolute atomic E-state index is 12.5. The summed E-state index contributed by atoms with van der Waals surface area (Å²) in [6.45, 7) is 10.2. The van der Waals surface area contributed by atoms with Crippen molar-refractivity contribution in [3.8, 4) is 5.69 Å². The molecule has 1 aliphatic rings. The first-order valence-electron chi connectivity index (χ1n) is 10.4. The van der Waals surface area contributed by atoms with Gasteiger partial charge in [0, 0.05) is 19.6 Å². The van der Waals surface area contributed by atoms with Crippen molar-refractivity contribution in [2.45, 2.75) is 50.9 Å². The highest BCUT2D eigenvalue weighted by Gasteiger charge is 2.25. The van der Waals surface area contributed by atoms with Gasteiger partial charge in [0.25, 0.3) is 0 Å². The highest BCUT2D eigenvalue weighted by Crippen LogP contribution is 2.30. The second-order valence-corrected chi connectivity index (χ2v) is 9.31. The van der Waals surface area contributed by atoms with Crippen molar-refractivity contribution < 1.29 is 9.59 Å². The number of rotatable bonds is 7.